The number of ether oxygens (including phenoxy) is 1. The Morgan fingerprint density at radius 2 is 2.33 bits per heavy atom. The fraction of sp³-hybridized carbons (Fsp3) is 0.400. The van der Waals surface area contributed by atoms with Crippen LogP contribution in [-0.4, -0.2) is 52.2 Å². The molecule has 21 heavy (non-hydrogen) atoms. The Labute approximate surface area is 122 Å². The van der Waals surface area contributed by atoms with E-state index in [2.05, 4.69) is 10.00 Å². The van der Waals surface area contributed by atoms with E-state index in [9.17, 15) is 9.50 Å². The van der Waals surface area contributed by atoms with Gasteiger partial charge < -0.3 is 9.84 Å². The number of benzene rings is 1. The van der Waals surface area contributed by atoms with Gasteiger partial charge in [-0.05, 0) is 18.2 Å². The number of halogens is 1. The zero-order valence-electron chi connectivity index (χ0n) is 11.7. The van der Waals surface area contributed by atoms with Gasteiger partial charge in [-0.25, -0.2) is 9.07 Å². The van der Waals surface area contributed by atoms with Gasteiger partial charge in [0.1, 0.15) is 5.82 Å². The van der Waals surface area contributed by atoms with E-state index >= 15 is 0 Å². The van der Waals surface area contributed by atoms with Crippen LogP contribution < -0.4 is 0 Å². The number of hydrogen-bond donors (Lipinski definition) is 1. The average Bonchev–Trinajstić information content (AvgIpc) is 2.82. The molecule has 2 heterocycles. The molecule has 3 rings (SSSR count). The van der Waals surface area contributed by atoms with Gasteiger partial charge in [-0.15, -0.1) is 0 Å². The Kier molecular flexibility index (Phi) is 4.28. The van der Waals surface area contributed by atoms with Gasteiger partial charge in [0.25, 0.3) is 0 Å². The zero-order valence-corrected chi connectivity index (χ0v) is 11.7. The third kappa shape index (κ3) is 3.66. The summed E-state index contributed by atoms with van der Waals surface area (Å²) in [5, 5.41) is 14.0. The van der Waals surface area contributed by atoms with Crippen molar-refractivity contribution in [2.45, 2.75) is 12.6 Å². The van der Waals surface area contributed by atoms with Gasteiger partial charge in [0.05, 0.1) is 31.2 Å². The van der Waals surface area contributed by atoms with Crippen LogP contribution in [0.3, 0.4) is 0 Å². The highest BCUT2D eigenvalue weighted by Gasteiger charge is 2.17. The second kappa shape index (κ2) is 6.34. The molecule has 0 spiro atoms. The van der Waals surface area contributed by atoms with Crippen LogP contribution in [-0.2, 0) is 11.3 Å². The van der Waals surface area contributed by atoms with E-state index in [1.807, 2.05) is 12.3 Å². The van der Waals surface area contributed by atoms with E-state index in [0.717, 1.165) is 12.1 Å². The van der Waals surface area contributed by atoms with E-state index in [1.165, 1.54) is 12.1 Å². The fourth-order valence-corrected chi connectivity index (χ4v) is 2.46. The normalized spacial score (nSPS) is 20.4. The first-order chi connectivity index (χ1) is 10.2. The summed E-state index contributed by atoms with van der Waals surface area (Å²) >= 11 is 0. The van der Waals surface area contributed by atoms with Gasteiger partial charge in [-0.3, -0.25) is 4.90 Å². The number of aliphatic hydroxyl groups is 1. The van der Waals surface area contributed by atoms with Gasteiger partial charge in [0, 0.05) is 31.4 Å². The molecule has 1 aliphatic rings. The first-order valence-corrected chi connectivity index (χ1v) is 6.98. The molecule has 0 saturated carbocycles. The summed E-state index contributed by atoms with van der Waals surface area (Å²) in [6, 6.07) is 6.32. The molecule has 0 aliphatic carbocycles. The molecule has 1 fully saturated rings. The Hall–Kier alpha value is -1.76. The molecule has 0 amide bonds. The first-order valence-electron chi connectivity index (χ1n) is 6.98. The molecule has 5 nitrogen and oxygen atoms in total. The number of aliphatic hydroxyl groups excluding tert-OH is 1. The van der Waals surface area contributed by atoms with Gasteiger partial charge in [0.2, 0.25) is 0 Å². The van der Waals surface area contributed by atoms with E-state index in [4.69, 9.17) is 4.74 Å². The maximum absolute atomic E-state index is 13.2. The monoisotopic (exact) mass is 291 g/mol. The van der Waals surface area contributed by atoms with Crippen molar-refractivity contribution in [3.8, 4) is 5.69 Å². The molecule has 2 aromatic rings. The fourth-order valence-electron chi connectivity index (χ4n) is 2.46. The van der Waals surface area contributed by atoms with Crippen molar-refractivity contribution in [1.82, 2.24) is 14.7 Å². The molecular weight excluding hydrogens is 273 g/mol. The number of rotatable bonds is 3. The lowest BCUT2D eigenvalue weighted by atomic mass is 10.3. The lowest BCUT2D eigenvalue weighted by Crippen LogP contribution is -2.32. The minimum Gasteiger partial charge on any atom is -0.389 e. The molecule has 0 radical (unpaired) electrons. The third-order valence-corrected chi connectivity index (χ3v) is 3.45. The molecule has 112 valence electrons. The van der Waals surface area contributed by atoms with Gasteiger partial charge in [-0.1, -0.05) is 6.07 Å². The average molecular weight is 291 g/mol. The number of nitrogens with zero attached hydrogens (tertiary/aromatic N) is 3. The van der Waals surface area contributed by atoms with Gasteiger partial charge >= 0.3 is 0 Å². The smallest absolute Gasteiger partial charge is 0.125 e. The summed E-state index contributed by atoms with van der Waals surface area (Å²) in [7, 11) is 0. The molecule has 6 heteroatoms. The molecule has 0 bridgehead atoms. The van der Waals surface area contributed by atoms with Crippen LogP contribution >= 0.6 is 0 Å². The Balaban J connectivity index is 1.70. The molecular formula is C15H18FN3O2. The second-order valence-corrected chi connectivity index (χ2v) is 5.24. The van der Waals surface area contributed by atoms with Crippen LogP contribution in [0.1, 0.15) is 5.56 Å². The summed E-state index contributed by atoms with van der Waals surface area (Å²) < 4.78 is 20.2. The predicted molar refractivity (Wildman–Crippen MR) is 75.6 cm³/mol. The number of aromatic nitrogens is 2. The highest BCUT2D eigenvalue weighted by atomic mass is 19.1. The maximum Gasteiger partial charge on any atom is 0.125 e. The van der Waals surface area contributed by atoms with E-state index < -0.39 is 6.10 Å². The van der Waals surface area contributed by atoms with Crippen LogP contribution in [0, 0.1) is 5.82 Å². The van der Waals surface area contributed by atoms with Crippen LogP contribution in [0.2, 0.25) is 0 Å². The molecule has 1 saturated heterocycles. The van der Waals surface area contributed by atoms with Crippen LogP contribution in [0.5, 0.6) is 0 Å². The standard InChI is InChI=1S/C15H18FN3O2/c16-13-2-1-3-14(6-13)19-9-12(7-17-19)8-18-4-5-21-11-15(20)10-18/h1-3,6-7,9,15,20H,4-5,8,10-11H2/t15-/m1/s1. The van der Waals surface area contributed by atoms with Crippen LogP contribution in [0.25, 0.3) is 5.69 Å². The first kappa shape index (κ1) is 14.2. The summed E-state index contributed by atoms with van der Waals surface area (Å²) in [6.07, 6.45) is 3.20. The van der Waals surface area contributed by atoms with Gasteiger partial charge in [-0.2, -0.15) is 5.10 Å². The zero-order chi connectivity index (χ0) is 14.7. The topological polar surface area (TPSA) is 50.5 Å². The molecule has 1 aliphatic heterocycles. The van der Waals surface area contributed by atoms with Crippen molar-refractivity contribution < 1.29 is 14.2 Å². The molecule has 1 atom stereocenters. The Bertz CT molecular complexity index is 602. The van der Waals surface area contributed by atoms with Crippen molar-refractivity contribution in [2.24, 2.45) is 0 Å². The van der Waals surface area contributed by atoms with Crippen molar-refractivity contribution in [3.05, 3.63) is 48.0 Å². The predicted octanol–water partition coefficient (Wildman–Crippen LogP) is 1.20. The van der Waals surface area contributed by atoms with E-state index in [1.54, 1.807) is 16.9 Å². The largest absolute Gasteiger partial charge is 0.389 e. The van der Waals surface area contributed by atoms with Gasteiger partial charge in [0.15, 0.2) is 0 Å². The SMILES string of the molecule is O[C@H]1COCCN(Cc2cnn(-c3cccc(F)c3)c2)C1. The Morgan fingerprint density at radius 3 is 3.19 bits per heavy atom. The van der Waals surface area contributed by atoms with E-state index in [0.29, 0.717) is 32.0 Å². The van der Waals surface area contributed by atoms with Crippen molar-refractivity contribution in [3.63, 3.8) is 0 Å². The molecule has 1 aromatic heterocycles. The minimum absolute atomic E-state index is 0.280. The molecule has 1 aromatic carbocycles. The highest BCUT2D eigenvalue weighted by Crippen LogP contribution is 2.12. The van der Waals surface area contributed by atoms with Crippen molar-refractivity contribution in [1.29, 1.82) is 0 Å². The van der Waals surface area contributed by atoms with E-state index in [-0.39, 0.29) is 5.82 Å². The number of β-amino-alcohol motifs (C(OH)–C–C–N with tert-alkyl or cyclic N) is 1. The second-order valence-electron chi connectivity index (χ2n) is 5.24. The summed E-state index contributed by atoms with van der Waals surface area (Å²) in [5.74, 6) is -0.280. The summed E-state index contributed by atoms with van der Waals surface area (Å²) in [6.45, 7) is 3.07. The van der Waals surface area contributed by atoms with Crippen LogP contribution in [0.4, 0.5) is 4.39 Å². The maximum atomic E-state index is 13.2. The quantitative estimate of drug-likeness (QED) is 0.923. The van der Waals surface area contributed by atoms with Crippen molar-refractivity contribution in [2.75, 3.05) is 26.3 Å². The summed E-state index contributed by atoms with van der Waals surface area (Å²) in [4.78, 5) is 2.13. The highest BCUT2D eigenvalue weighted by molar-refractivity contribution is 5.31. The number of hydrogen-bond acceptors (Lipinski definition) is 4. The lowest BCUT2D eigenvalue weighted by Gasteiger charge is -2.19. The summed E-state index contributed by atoms with van der Waals surface area (Å²) in [5.41, 5.74) is 1.72. The lowest BCUT2D eigenvalue weighted by molar-refractivity contribution is 0.0562. The third-order valence-electron chi connectivity index (χ3n) is 3.45. The van der Waals surface area contributed by atoms with Crippen molar-refractivity contribution >= 4 is 0 Å². The Morgan fingerprint density at radius 1 is 1.43 bits per heavy atom. The molecule has 0 unspecified atom stereocenters. The van der Waals surface area contributed by atoms with Crippen LogP contribution in [0.15, 0.2) is 36.7 Å². The molecule has 1 N–H and O–H groups in total. The minimum atomic E-state index is -0.453.